The van der Waals surface area contributed by atoms with E-state index in [0.717, 1.165) is 51.4 Å². The molecule has 2 aliphatic rings. The Labute approximate surface area is 591 Å². The maximum atomic E-state index is 13.4. The van der Waals surface area contributed by atoms with Crippen molar-refractivity contribution in [1.29, 1.82) is 0 Å². The van der Waals surface area contributed by atoms with Gasteiger partial charge in [-0.15, -0.1) is 0 Å². The Morgan fingerprint density at radius 2 is 0.594 bits per heavy atom. The molecule has 2 heterocycles. The summed E-state index contributed by atoms with van der Waals surface area (Å²) in [5.74, 6) is -0.195. The third-order valence-electron chi connectivity index (χ3n) is 21.3. The highest BCUT2D eigenvalue weighted by Crippen LogP contribution is 2.31. The molecule has 96 heavy (non-hydrogen) atoms. The second kappa shape index (κ2) is 67.2. The Morgan fingerprint density at radius 3 is 0.885 bits per heavy atom. The molecule has 14 nitrogen and oxygen atoms in total. The van der Waals surface area contributed by atoms with Crippen LogP contribution < -0.4 is 5.32 Å². The molecule has 0 spiro atoms. The van der Waals surface area contributed by atoms with Gasteiger partial charge in [-0.1, -0.05) is 406 Å². The molecule has 0 radical (unpaired) electrons. The van der Waals surface area contributed by atoms with Crippen LogP contribution in [-0.4, -0.2) is 140 Å². The molecule has 2 aliphatic heterocycles. The molecule has 12 atom stereocenters. The topological polar surface area (TPSA) is 228 Å². The molecule has 14 heteroatoms. The van der Waals surface area contributed by atoms with Gasteiger partial charge in [0.2, 0.25) is 5.91 Å². The van der Waals surface area contributed by atoms with Gasteiger partial charge in [-0.05, 0) is 12.8 Å². The molecule has 0 aromatic carbocycles. The molecular formula is C82H161NO13. The summed E-state index contributed by atoms with van der Waals surface area (Å²) in [6.07, 6.45) is 67.5. The number of amides is 1. The first-order valence-corrected chi connectivity index (χ1v) is 42.3. The summed E-state index contributed by atoms with van der Waals surface area (Å²) in [7, 11) is 0. The predicted molar refractivity (Wildman–Crippen MR) is 397 cm³/mol. The molecule has 12 unspecified atom stereocenters. The lowest BCUT2D eigenvalue weighted by atomic mass is 9.97. The number of hydrogen-bond donors (Lipinski definition) is 9. The first-order chi connectivity index (χ1) is 47.1. The van der Waals surface area contributed by atoms with E-state index >= 15 is 0 Å². The largest absolute Gasteiger partial charge is 0.394 e. The SMILES string of the molecule is CCCCCCCCCCCCCCCCCCCCCCCCCCCCCCCCCCCCCCCCCCCC(=O)NC(COC1OC(CO)C(OC2OC(CO)C(O)C(O)C2O)C(O)C1O)C(O)CCCCCCCCCCCCCCCCCCCCCCC. The van der Waals surface area contributed by atoms with Crippen LogP contribution in [0.3, 0.4) is 0 Å². The van der Waals surface area contributed by atoms with Crippen LogP contribution in [0, 0.1) is 0 Å². The quantitative estimate of drug-likeness (QED) is 0.0259. The predicted octanol–water partition coefficient (Wildman–Crippen LogP) is 19.5. The molecule has 0 aromatic heterocycles. The van der Waals surface area contributed by atoms with Crippen LogP contribution >= 0.6 is 0 Å². The van der Waals surface area contributed by atoms with Gasteiger partial charge < -0.3 is 65.1 Å². The minimum absolute atomic E-state index is 0.195. The number of unbranched alkanes of at least 4 members (excludes halogenated alkanes) is 60. The lowest BCUT2D eigenvalue weighted by molar-refractivity contribution is -0.359. The molecule has 0 aromatic rings. The maximum absolute atomic E-state index is 13.4. The van der Waals surface area contributed by atoms with Gasteiger partial charge in [0.1, 0.15) is 48.8 Å². The van der Waals surface area contributed by atoms with Crippen molar-refractivity contribution in [1.82, 2.24) is 5.32 Å². The van der Waals surface area contributed by atoms with Gasteiger partial charge in [-0.3, -0.25) is 4.79 Å². The molecule has 0 aliphatic carbocycles. The number of aliphatic hydroxyl groups is 8. The molecule has 2 saturated heterocycles. The fraction of sp³-hybridized carbons (Fsp3) is 0.988. The Kier molecular flexibility index (Phi) is 63.7. The average molecular weight is 1370 g/mol. The molecule has 1 amide bonds. The van der Waals surface area contributed by atoms with Gasteiger partial charge in [-0.2, -0.15) is 0 Å². The summed E-state index contributed by atoms with van der Waals surface area (Å²) in [6.45, 7) is 2.95. The summed E-state index contributed by atoms with van der Waals surface area (Å²) < 4.78 is 23.0. The van der Waals surface area contributed by atoms with Crippen LogP contribution in [0.4, 0.5) is 0 Å². The van der Waals surface area contributed by atoms with E-state index in [0.29, 0.717) is 12.8 Å². The third kappa shape index (κ3) is 49.6. The van der Waals surface area contributed by atoms with E-state index in [2.05, 4.69) is 19.2 Å². The van der Waals surface area contributed by atoms with Gasteiger partial charge in [0.15, 0.2) is 12.6 Å². The number of rotatable bonds is 73. The molecule has 2 rings (SSSR count). The number of hydrogen-bond acceptors (Lipinski definition) is 13. The molecule has 0 saturated carbocycles. The zero-order chi connectivity index (χ0) is 69.4. The highest BCUT2D eigenvalue weighted by Gasteiger charge is 2.51. The summed E-state index contributed by atoms with van der Waals surface area (Å²) in [6, 6.07) is -0.825. The van der Waals surface area contributed by atoms with Gasteiger partial charge in [0.05, 0.1) is 32.0 Å². The lowest BCUT2D eigenvalue weighted by Gasteiger charge is -2.46. The molecule has 572 valence electrons. The van der Waals surface area contributed by atoms with E-state index in [1.807, 2.05) is 0 Å². The van der Waals surface area contributed by atoms with Crippen LogP contribution in [0.15, 0.2) is 0 Å². The van der Waals surface area contributed by atoms with Crippen molar-refractivity contribution in [3.05, 3.63) is 0 Å². The van der Waals surface area contributed by atoms with Crippen molar-refractivity contribution >= 4 is 5.91 Å². The van der Waals surface area contributed by atoms with Crippen LogP contribution in [-0.2, 0) is 23.7 Å². The smallest absolute Gasteiger partial charge is 0.220 e. The Bertz CT molecular complexity index is 1610. The standard InChI is InChI=1S/C82H161NO13/c1-3-5-7-9-11-13-15-17-19-21-23-25-26-27-28-29-30-31-32-33-34-35-36-37-38-39-40-41-42-43-44-46-48-50-52-54-56-58-60-62-64-66-74(87)83-70(71(86)65-63-61-59-57-55-53-51-49-47-45-24-22-20-18-16-14-12-10-8-6-4-2)69-93-81-79(92)77(90)80(73(68-85)95-81)96-82-78(91)76(89)75(88)72(67-84)94-82/h70-73,75-82,84-86,88-92H,3-69H2,1-2H3,(H,83,87). The maximum Gasteiger partial charge on any atom is 0.220 e. The summed E-state index contributed by atoms with van der Waals surface area (Å²) in [5, 5.41) is 87.8. The van der Waals surface area contributed by atoms with Crippen molar-refractivity contribution < 1.29 is 64.6 Å². The summed E-state index contributed by atoms with van der Waals surface area (Å²) in [4.78, 5) is 13.4. The minimum atomic E-state index is -1.78. The number of ether oxygens (including phenoxy) is 4. The highest BCUT2D eigenvalue weighted by atomic mass is 16.7. The van der Waals surface area contributed by atoms with Crippen molar-refractivity contribution in [2.24, 2.45) is 0 Å². The van der Waals surface area contributed by atoms with Gasteiger partial charge >= 0.3 is 0 Å². The van der Waals surface area contributed by atoms with Crippen molar-refractivity contribution in [3.63, 3.8) is 0 Å². The normalized spacial score (nSPS) is 22.1. The minimum Gasteiger partial charge on any atom is -0.394 e. The summed E-state index contributed by atoms with van der Waals surface area (Å²) in [5.41, 5.74) is 0. The molecule has 0 bridgehead atoms. The zero-order valence-corrected chi connectivity index (χ0v) is 62.9. The second-order valence-electron chi connectivity index (χ2n) is 30.3. The number of carbonyl (C=O) groups is 1. The van der Waals surface area contributed by atoms with Crippen molar-refractivity contribution in [3.8, 4) is 0 Å². The molecule has 2 fully saturated rings. The fourth-order valence-electron chi connectivity index (χ4n) is 14.7. The van der Waals surface area contributed by atoms with Crippen LogP contribution in [0.25, 0.3) is 0 Å². The highest BCUT2D eigenvalue weighted by molar-refractivity contribution is 5.76. The van der Waals surface area contributed by atoms with E-state index in [1.54, 1.807) is 0 Å². The van der Waals surface area contributed by atoms with Crippen molar-refractivity contribution in [2.45, 2.75) is 498 Å². The van der Waals surface area contributed by atoms with E-state index in [4.69, 9.17) is 18.9 Å². The lowest BCUT2D eigenvalue weighted by Crippen LogP contribution is -2.65. The third-order valence-corrected chi connectivity index (χ3v) is 21.3. The first-order valence-electron chi connectivity index (χ1n) is 42.3. The Hall–Kier alpha value is -1.01. The second-order valence-corrected chi connectivity index (χ2v) is 30.3. The first kappa shape index (κ1) is 91.1. The van der Waals surface area contributed by atoms with Gasteiger partial charge in [0.25, 0.3) is 0 Å². The molecule has 9 N–H and O–H groups in total. The fourth-order valence-corrected chi connectivity index (χ4v) is 14.7. The zero-order valence-electron chi connectivity index (χ0n) is 62.9. The van der Waals surface area contributed by atoms with Crippen LogP contribution in [0.2, 0.25) is 0 Å². The Morgan fingerprint density at radius 1 is 0.333 bits per heavy atom. The monoisotopic (exact) mass is 1370 g/mol. The number of aliphatic hydroxyl groups excluding tert-OH is 8. The van der Waals surface area contributed by atoms with Gasteiger partial charge in [0, 0.05) is 6.42 Å². The van der Waals surface area contributed by atoms with E-state index in [1.165, 1.54) is 347 Å². The summed E-state index contributed by atoms with van der Waals surface area (Å²) >= 11 is 0. The van der Waals surface area contributed by atoms with E-state index in [-0.39, 0.29) is 12.5 Å². The van der Waals surface area contributed by atoms with Crippen LogP contribution in [0.5, 0.6) is 0 Å². The van der Waals surface area contributed by atoms with E-state index in [9.17, 15) is 45.6 Å². The Balaban J connectivity index is 1.53. The number of nitrogens with one attached hydrogen (secondary N) is 1. The number of carbonyl (C=O) groups excluding carboxylic acids is 1. The van der Waals surface area contributed by atoms with Crippen molar-refractivity contribution in [2.75, 3.05) is 19.8 Å². The van der Waals surface area contributed by atoms with Crippen LogP contribution in [0.1, 0.15) is 425 Å². The average Bonchev–Trinajstić information content (AvgIpc) is 0.807. The molecular weight excluding hydrogens is 1210 g/mol. The van der Waals surface area contributed by atoms with E-state index < -0.39 is 86.8 Å². The van der Waals surface area contributed by atoms with Gasteiger partial charge in [-0.25, -0.2) is 0 Å².